The van der Waals surface area contributed by atoms with Crippen LogP contribution in [0.3, 0.4) is 0 Å². The van der Waals surface area contributed by atoms with Crippen LogP contribution in [0.1, 0.15) is 15.9 Å². The zero-order valence-electron chi connectivity index (χ0n) is 18.2. The fraction of sp³-hybridized carbons (Fsp3) is 0.130. The third kappa shape index (κ3) is 5.52. The Morgan fingerprint density at radius 3 is 2.30 bits per heavy atom. The highest BCUT2D eigenvalue weighted by Gasteiger charge is 2.21. The van der Waals surface area contributed by atoms with E-state index in [-0.39, 0.29) is 4.90 Å². The molecule has 0 heterocycles. The molecule has 0 aliphatic heterocycles. The summed E-state index contributed by atoms with van der Waals surface area (Å²) in [6.07, 6.45) is 1.47. The Labute approximate surface area is 201 Å². The summed E-state index contributed by atoms with van der Waals surface area (Å²) < 4.78 is 37.9. The maximum Gasteiger partial charge on any atom is 0.271 e. The van der Waals surface area contributed by atoms with Crippen LogP contribution in [0.5, 0.6) is 11.5 Å². The van der Waals surface area contributed by atoms with Gasteiger partial charge < -0.3 is 9.47 Å². The van der Waals surface area contributed by atoms with Crippen LogP contribution >= 0.6 is 15.9 Å². The second-order valence-electron chi connectivity index (χ2n) is 6.77. The molecule has 0 aliphatic rings. The smallest absolute Gasteiger partial charge is 0.271 e. The third-order valence-corrected chi connectivity index (χ3v) is 7.12. The van der Waals surface area contributed by atoms with Crippen molar-refractivity contribution in [2.75, 3.05) is 25.6 Å². The van der Waals surface area contributed by atoms with Gasteiger partial charge in [0.05, 0.1) is 35.5 Å². The summed E-state index contributed by atoms with van der Waals surface area (Å²) in [6.45, 7) is 0. The van der Waals surface area contributed by atoms with E-state index in [4.69, 9.17) is 9.47 Å². The van der Waals surface area contributed by atoms with Crippen LogP contribution < -0.4 is 19.2 Å². The fourth-order valence-corrected chi connectivity index (χ4v) is 4.79. The van der Waals surface area contributed by atoms with E-state index in [2.05, 4.69) is 26.5 Å². The first-order valence-corrected chi connectivity index (χ1v) is 11.9. The van der Waals surface area contributed by atoms with Gasteiger partial charge in [0.15, 0.2) is 11.5 Å². The van der Waals surface area contributed by atoms with Gasteiger partial charge in [0.2, 0.25) is 0 Å². The highest BCUT2D eigenvalue weighted by atomic mass is 79.9. The van der Waals surface area contributed by atoms with Crippen LogP contribution in [-0.4, -0.2) is 41.8 Å². The number of carbonyl (C=O) groups excluding carboxylic acids is 1. The van der Waals surface area contributed by atoms with Crippen molar-refractivity contribution in [3.63, 3.8) is 0 Å². The largest absolute Gasteiger partial charge is 0.493 e. The number of halogens is 1. The van der Waals surface area contributed by atoms with Crippen molar-refractivity contribution >= 4 is 43.8 Å². The summed E-state index contributed by atoms with van der Waals surface area (Å²) in [7, 11) is 0.829. The Balaban J connectivity index is 1.69. The molecule has 33 heavy (non-hydrogen) atoms. The van der Waals surface area contributed by atoms with E-state index in [0.29, 0.717) is 32.8 Å². The number of amides is 1. The second kappa shape index (κ2) is 10.5. The molecule has 10 heteroatoms. The quantitative estimate of drug-likeness (QED) is 0.349. The summed E-state index contributed by atoms with van der Waals surface area (Å²) >= 11 is 3.40. The maximum atomic E-state index is 12.7. The molecule has 0 aromatic heterocycles. The van der Waals surface area contributed by atoms with Gasteiger partial charge in [-0.15, -0.1) is 0 Å². The summed E-state index contributed by atoms with van der Waals surface area (Å²) in [4.78, 5) is 12.6. The molecular weight excluding hydrogens is 510 g/mol. The lowest BCUT2D eigenvalue weighted by molar-refractivity contribution is 0.0955. The van der Waals surface area contributed by atoms with Crippen molar-refractivity contribution in [2.45, 2.75) is 4.90 Å². The summed E-state index contributed by atoms with van der Waals surface area (Å²) in [5.74, 6) is 0.633. The van der Waals surface area contributed by atoms with E-state index in [1.54, 1.807) is 42.5 Å². The van der Waals surface area contributed by atoms with Crippen LogP contribution in [0, 0.1) is 0 Å². The van der Waals surface area contributed by atoms with Gasteiger partial charge in [-0.3, -0.25) is 9.10 Å². The molecule has 8 nitrogen and oxygen atoms in total. The Kier molecular flexibility index (Phi) is 7.72. The van der Waals surface area contributed by atoms with E-state index >= 15 is 0 Å². The molecule has 3 aromatic carbocycles. The van der Waals surface area contributed by atoms with Gasteiger partial charge in [-0.2, -0.15) is 5.10 Å². The highest BCUT2D eigenvalue weighted by molar-refractivity contribution is 9.10. The molecule has 1 amide bonds. The molecule has 0 aliphatic carbocycles. The molecule has 0 saturated carbocycles. The molecule has 0 bridgehead atoms. The number of hydrazone groups is 1. The van der Waals surface area contributed by atoms with Gasteiger partial charge in [0.25, 0.3) is 15.9 Å². The normalized spacial score (nSPS) is 11.3. The molecule has 0 unspecified atom stereocenters. The predicted octanol–water partition coefficient (Wildman–Crippen LogP) is 4.06. The summed E-state index contributed by atoms with van der Waals surface area (Å²) in [6, 6.07) is 17.8. The van der Waals surface area contributed by atoms with Crippen LogP contribution in [0.2, 0.25) is 0 Å². The van der Waals surface area contributed by atoms with E-state index in [9.17, 15) is 13.2 Å². The standard InChI is InChI=1S/C23H22BrN3O5S/c1-27(33(29,30)19-7-5-4-6-8-19)18-11-9-17(10-12-18)23(28)26-25-15-16-13-20(24)22(32-3)21(14-16)31-2/h4-15H,1-3H3,(H,26,28)/b25-15+. The molecule has 0 atom stereocenters. The first-order valence-electron chi connectivity index (χ1n) is 9.67. The Morgan fingerprint density at radius 1 is 1.03 bits per heavy atom. The number of methoxy groups -OCH3 is 2. The number of hydrogen-bond donors (Lipinski definition) is 1. The van der Waals surface area contributed by atoms with E-state index < -0.39 is 15.9 Å². The van der Waals surface area contributed by atoms with Crippen LogP contribution in [-0.2, 0) is 10.0 Å². The SMILES string of the molecule is COc1cc(/C=N/NC(=O)c2ccc(N(C)S(=O)(=O)c3ccccc3)cc2)cc(Br)c1OC. The number of carbonyl (C=O) groups is 1. The number of anilines is 1. The van der Waals surface area contributed by atoms with Gasteiger partial charge >= 0.3 is 0 Å². The van der Waals surface area contributed by atoms with Gasteiger partial charge in [-0.1, -0.05) is 18.2 Å². The predicted molar refractivity (Wildman–Crippen MR) is 131 cm³/mol. The number of ether oxygens (including phenoxy) is 2. The number of sulfonamides is 1. The molecular formula is C23H22BrN3O5S. The van der Waals surface area contributed by atoms with Crippen LogP contribution in [0.4, 0.5) is 5.69 Å². The molecule has 0 spiro atoms. The minimum atomic E-state index is -3.70. The zero-order valence-corrected chi connectivity index (χ0v) is 20.6. The Bertz CT molecular complexity index is 1260. The van der Waals surface area contributed by atoms with Gasteiger partial charge in [0.1, 0.15) is 0 Å². The van der Waals surface area contributed by atoms with E-state index in [0.717, 1.165) is 4.31 Å². The lowest BCUT2D eigenvalue weighted by atomic mass is 10.2. The molecule has 172 valence electrons. The van der Waals surface area contributed by atoms with Gasteiger partial charge in [-0.25, -0.2) is 13.8 Å². The number of nitrogens with zero attached hydrogens (tertiary/aromatic N) is 2. The first kappa shape index (κ1) is 24.3. The lowest BCUT2D eigenvalue weighted by Crippen LogP contribution is -2.26. The highest BCUT2D eigenvalue weighted by Crippen LogP contribution is 2.35. The van der Waals surface area contributed by atoms with E-state index in [1.165, 1.54) is 51.7 Å². The van der Waals surface area contributed by atoms with Gasteiger partial charge in [-0.05, 0) is 70.0 Å². The molecule has 0 fully saturated rings. The molecule has 3 rings (SSSR count). The average molecular weight is 532 g/mol. The maximum absolute atomic E-state index is 12.7. The number of benzene rings is 3. The molecule has 0 saturated heterocycles. The minimum absolute atomic E-state index is 0.186. The summed E-state index contributed by atoms with van der Waals surface area (Å²) in [5.41, 5.74) is 3.89. The third-order valence-electron chi connectivity index (χ3n) is 4.73. The van der Waals surface area contributed by atoms with Crippen molar-refractivity contribution in [3.8, 4) is 11.5 Å². The van der Waals surface area contributed by atoms with E-state index in [1.807, 2.05) is 0 Å². The second-order valence-corrected chi connectivity index (χ2v) is 9.59. The average Bonchev–Trinajstić information content (AvgIpc) is 2.83. The number of rotatable bonds is 8. The number of hydrogen-bond acceptors (Lipinski definition) is 6. The summed E-state index contributed by atoms with van der Waals surface area (Å²) in [5, 5.41) is 3.98. The molecule has 3 aromatic rings. The van der Waals surface area contributed by atoms with Crippen molar-refractivity contribution < 1.29 is 22.7 Å². The van der Waals surface area contributed by atoms with Gasteiger partial charge in [0, 0.05) is 12.6 Å². The van der Waals surface area contributed by atoms with Crippen LogP contribution in [0.25, 0.3) is 0 Å². The Hall–Kier alpha value is -3.37. The Morgan fingerprint density at radius 2 is 1.70 bits per heavy atom. The van der Waals surface area contributed by atoms with Crippen molar-refractivity contribution in [3.05, 3.63) is 82.3 Å². The van der Waals surface area contributed by atoms with Crippen molar-refractivity contribution in [2.24, 2.45) is 5.10 Å². The zero-order chi connectivity index (χ0) is 24.0. The van der Waals surface area contributed by atoms with Crippen molar-refractivity contribution in [1.29, 1.82) is 0 Å². The molecule has 1 N–H and O–H groups in total. The first-order chi connectivity index (χ1) is 15.8. The fourth-order valence-electron chi connectivity index (χ4n) is 2.95. The van der Waals surface area contributed by atoms with Crippen molar-refractivity contribution in [1.82, 2.24) is 5.43 Å². The van der Waals surface area contributed by atoms with Crippen LogP contribution in [0.15, 0.2) is 81.2 Å². The molecule has 0 radical (unpaired) electrons. The minimum Gasteiger partial charge on any atom is -0.493 e. The monoisotopic (exact) mass is 531 g/mol. The lowest BCUT2D eigenvalue weighted by Gasteiger charge is -2.19. The number of nitrogens with one attached hydrogen (secondary N) is 1. The topological polar surface area (TPSA) is 97.3 Å².